The molecule has 0 saturated heterocycles. The summed E-state index contributed by atoms with van der Waals surface area (Å²) in [6, 6.07) is 8.36. The number of aromatic nitrogens is 2. The first-order valence-electron chi connectivity index (χ1n) is 7.21. The van der Waals surface area contributed by atoms with Gasteiger partial charge in [-0.05, 0) is 37.0 Å². The van der Waals surface area contributed by atoms with Gasteiger partial charge in [0.1, 0.15) is 5.82 Å². The molecular formula is C16H18ClN3. The van der Waals surface area contributed by atoms with Gasteiger partial charge in [-0.2, -0.15) is 5.26 Å². The van der Waals surface area contributed by atoms with Crippen LogP contribution in [0.25, 0.3) is 11.0 Å². The van der Waals surface area contributed by atoms with Crippen LogP contribution in [0.1, 0.15) is 50.0 Å². The maximum Gasteiger partial charge on any atom is 0.125 e. The fourth-order valence-electron chi connectivity index (χ4n) is 3.36. The fraction of sp³-hybridized carbons (Fsp3) is 0.500. The van der Waals surface area contributed by atoms with E-state index in [0.29, 0.717) is 23.4 Å². The average Bonchev–Trinajstić information content (AvgIpc) is 2.85. The van der Waals surface area contributed by atoms with E-state index >= 15 is 0 Å². The molecule has 1 fully saturated rings. The summed E-state index contributed by atoms with van der Waals surface area (Å²) in [7, 11) is 0. The van der Waals surface area contributed by atoms with E-state index in [-0.39, 0.29) is 0 Å². The molecule has 0 radical (unpaired) electrons. The van der Waals surface area contributed by atoms with Crippen molar-refractivity contribution in [1.29, 1.82) is 5.26 Å². The van der Waals surface area contributed by atoms with Gasteiger partial charge in [-0.25, -0.2) is 4.98 Å². The molecule has 0 amide bonds. The lowest BCUT2D eigenvalue weighted by atomic mass is 9.85. The van der Waals surface area contributed by atoms with E-state index in [9.17, 15) is 0 Å². The summed E-state index contributed by atoms with van der Waals surface area (Å²) in [6.07, 6.45) is 5.00. The predicted octanol–water partition coefficient (Wildman–Crippen LogP) is 4.40. The number of imidazole rings is 1. The van der Waals surface area contributed by atoms with E-state index in [1.807, 2.05) is 18.2 Å². The van der Waals surface area contributed by atoms with Crippen LogP contribution in [0.4, 0.5) is 0 Å². The largest absolute Gasteiger partial charge is 0.324 e. The lowest BCUT2D eigenvalue weighted by molar-refractivity contribution is 0.258. The number of hydrogen-bond acceptors (Lipinski definition) is 2. The van der Waals surface area contributed by atoms with Crippen LogP contribution >= 0.6 is 11.6 Å². The van der Waals surface area contributed by atoms with Crippen molar-refractivity contribution in [2.45, 2.75) is 44.5 Å². The molecular weight excluding hydrogens is 270 g/mol. The molecule has 2 unspecified atom stereocenters. The van der Waals surface area contributed by atoms with Gasteiger partial charge in [-0.1, -0.05) is 19.8 Å². The first-order valence-corrected chi connectivity index (χ1v) is 7.75. The smallest absolute Gasteiger partial charge is 0.125 e. The van der Waals surface area contributed by atoms with E-state index in [1.54, 1.807) is 0 Å². The van der Waals surface area contributed by atoms with Crippen molar-refractivity contribution in [3.63, 3.8) is 0 Å². The van der Waals surface area contributed by atoms with Gasteiger partial charge >= 0.3 is 0 Å². The van der Waals surface area contributed by atoms with Crippen molar-refractivity contribution in [2.24, 2.45) is 5.92 Å². The predicted molar refractivity (Wildman–Crippen MR) is 80.7 cm³/mol. The van der Waals surface area contributed by atoms with Gasteiger partial charge in [0.2, 0.25) is 0 Å². The van der Waals surface area contributed by atoms with Gasteiger partial charge in [0.25, 0.3) is 0 Å². The molecule has 0 N–H and O–H groups in total. The Labute approximate surface area is 124 Å². The first-order chi connectivity index (χ1) is 9.74. The zero-order valence-corrected chi connectivity index (χ0v) is 12.4. The number of rotatable bonds is 2. The van der Waals surface area contributed by atoms with Crippen molar-refractivity contribution in [2.75, 3.05) is 0 Å². The summed E-state index contributed by atoms with van der Waals surface area (Å²) in [4.78, 5) is 4.64. The van der Waals surface area contributed by atoms with Crippen LogP contribution in [-0.2, 0) is 5.88 Å². The standard InChI is InChI=1S/C16H18ClN3/c1-11-4-2-3-5-14(11)20-15-8-12(10-18)6-7-13(15)19-16(20)9-17/h6-8,11,14H,2-5,9H2,1H3. The van der Waals surface area contributed by atoms with E-state index in [4.69, 9.17) is 16.9 Å². The third-order valence-corrected chi connectivity index (χ3v) is 4.65. The molecule has 3 rings (SSSR count). The quantitative estimate of drug-likeness (QED) is 0.768. The third-order valence-electron chi connectivity index (χ3n) is 4.41. The summed E-state index contributed by atoms with van der Waals surface area (Å²) in [5.74, 6) is 1.98. The van der Waals surface area contributed by atoms with Crippen LogP contribution < -0.4 is 0 Å². The molecule has 1 aliphatic carbocycles. The second-order valence-electron chi connectivity index (χ2n) is 5.68. The van der Waals surface area contributed by atoms with Crippen molar-refractivity contribution in [3.8, 4) is 6.07 Å². The molecule has 2 aromatic rings. The third kappa shape index (κ3) is 2.19. The Morgan fingerprint density at radius 1 is 1.40 bits per heavy atom. The number of hydrogen-bond donors (Lipinski definition) is 0. The number of benzene rings is 1. The van der Waals surface area contributed by atoms with Crippen LogP contribution in [0.2, 0.25) is 0 Å². The Kier molecular flexibility index (Phi) is 3.67. The second-order valence-corrected chi connectivity index (χ2v) is 5.94. The first kappa shape index (κ1) is 13.5. The molecule has 0 aliphatic heterocycles. The molecule has 1 aromatic heterocycles. The van der Waals surface area contributed by atoms with Crippen LogP contribution in [0.15, 0.2) is 18.2 Å². The zero-order valence-electron chi connectivity index (χ0n) is 11.6. The van der Waals surface area contributed by atoms with E-state index in [0.717, 1.165) is 16.9 Å². The van der Waals surface area contributed by atoms with Crippen molar-refractivity contribution < 1.29 is 0 Å². The molecule has 0 spiro atoms. The summed E-state index contributed by atoms with van der Waals surface area (Å²) in [5, 5.41) is 9.11. The topological polar surface area (TPSA) is 41.6 Å². The van der Waals surface area contributed by atoms with Crippen LogP contribution in [0.3, 0.4) is 0 Å². The van der Waals surface area contributed by atoms with Gasteiger partial charge in [0.15, 0.2) is 0 Å². The van der Waals surface area contributed by atoms with Gasteiger partial charge in [-0.15, -0.1) is 11.6 Å². The summed E-state index contributed by atoms with van der Waals surface area (Å²) in [6.45, 7) is 2.31. The van der Waals surface area contributed by atoms with Gasteiger partial charge < -0.3 is 4.57 Å². The summed E-state index contributed by atoms with van der Waals surface area (Å²) >= 11 is 6.10. The SMILES string of the molecule is CC1CCCCC1n1c(CCl)nc2ccc(C#N)cc21. The molecule has 1 aromatic carbocycles. The molecule has 3 nitrogen and oxygen atoms in total. The van der Waals surface area contributed by atoms with E-state index in [2.05, 4.69) is 22.5 Å². The number of alkyl halides is 1. The highest BCUT2D eigenvalue weighted by Gasteiger charge is 2.26. The lowest BCUT2D eigenvalue weighted by Gasteiger charge is -2.31. The van der Waals surface area contributed by atoms with Gasteiger partial charge in [0.05, 0.1) is 28.5 Å². The number of fused-ring (bicyclic) bond motifs is 1. The fourth-order valence-corrected chi connectivity index (χ4v) is 3.55. The average molecular weight is 288 g/mol. The normalized spacial score (nSPS) is 22.9. The number of halogens is 1. The molecule has 1 saturated carbocycles. The van der Waals surface area contributed by atoms with Gasteiger partial charge in [0, 0.05) is 6.04 Å². The maximum atomic E-state index is 9.11. The van der Waals surface area contributed by atoms with Gasteiger partial charge in [-0.3, -0.25) is 0 Å². The zero-order chi connectivity index (χ0) is 14.1. The summed E-state index contributed by atoms with van der Waals surface area (Å²) < 4.78 is 2.28. The van der Waals surface area contributed by atoms with Crippen molar-refractivity contribution in [3.05, 3.63) is 29.6 Å². The minimum Gasteiger partial charge on any atom is -0.324 e. The Bertz CT molecular complexity index is 668. The molecule has 2 atom stereocenters. The number of nitrogens with zero attached hydrogens (tertiary/aromatic N) is 3. The Balaban J connectivity index is 2.18. The molecule has 20 heavy (non-hydrogen) atoms. The Morgan fingerprint density at radius 3 is 2.90 bits per heavy atom. The van der Waals surface area contributed by atoms with Crippen LogP contribution in [-0.4, -0.2) is 9.55 Å². The second kappa shape index (κ2) is 5.46. The maximum absolute atomic E-state index is 9.11. The van der Waals surface area contributed by atoms with Crippen LogP contribution in [0, 0.1) is 17.2 Å². The minimum atomic E-state index is 0.416. The monoisotopic (exact) mass is 287 g/mol. The lowest BCUT2D eigenvalue weighted by Crippen LogP contribution is -2.22. The minimum absolute atomic E-state index is 0.416. The highest BCUT2D eigenvalue weighted by Crippen LogP contribution is 2.37. The highest BCUT2D eigenvalue weighted by atomic mass is 35.5. The van der Waals surface area contributed by atoms with E-state index in [1.165, 1.54) is 25.7 Å². The van der Waals surface area contributed by atoms with Crippen molar-refractivity contribution in [1.82, 2.24) is 9.55 Å². The molecule has 4 heteroatoms. The van der Waals surface area contributed by atoms with Crippen LogP contribution in [0.5, 0.6) is 0 Å². The highest BCUT2D eigenvalue weighted by molar-refractivity contribution is 6.16. The molecule has 104 valence electrons. The van der Waals surface area contributed by atoms with E-state index < -0.39 is 0 Å². The Morgan fingerprint density at radius 2 is 2.20 bits per heavy atom. The number of nitriles is 1. The summed E-state index contributed by atoms with van der Waals surface area (Å²) in [5.41, 5.74) is 2.68. The molecule has 1 aliphatic rings. The Hall–Kier alpha value is -1.53. The van der Waals surface area contributed by atoms with Crippen molar-refractivity contribution >= 4 is 22.6 Å². The molecule has 0 bridgehead atoms. The molecule has 1 heterocycles.